The Hall–Kier alpha value is -1.54. The van der Waals surface area contributed by atoms with Gasteiger partial charge >= 0.3 is 6.09 Å². The van der Waals surface area contributed by atoms with Crippen molar-refractivity contribution in [1.82, 2.24) is 20.4 Å². The van der Waals surface area contributed by atoms with Crippen LogP contribution in [0.25, 0.3) is 0 Å². The smallest absolute Gasteiger partial charge is 0.407 e. The van der Waals surface area contributed by atoms with Crippen molar-refractivity contribution in [2.24, 2.45) is 4.99 Å². The summed E-state index contributed by atoms with van der Waals surface area (Å²) in [5.41, 5.74) is -0.397. The summed E-state index contributed by atoms with van der Waals surface area (Å²) in [5.74, 6) is 0.885. The number of alkyl carbamates (subject to hydrolysis) is 1. The Morgan fingerprint density at radius 1 is 1.33 bits per heavy atom. The fourth-order valence-electron chi connectivity index (χ4n) is 3.65. The summed E-state index contributed by atoms with van der Waals surface area (Å²) < 4.78 is 10.9. The molecule has 156 valence electrons. The van der Waals surface area contributed by atoms with Crippen LogP contribution in [0.15, 0.2) is 4.99 Å². The van der Waals surface area contributed by atoms with E-state index in [-0.39, 0.29) is 17.7 Å². The van der Waals surface area contributed by atoms with Crippen molar-refractivity contribution in [2.75, 3.05) is 54.0 Å². The van der Waals surface area contributed by atoms with Gasteiger partial charge in [0.1, 0.15) is 5.60 Å². The van der Waals surface area contributed by atoms with Crippen LogP contribution in [-0.4, -0.2) is 93.0 Å². The van der Waals surface area contributed by atoms with Crippen LogP contribution in [0.3, 0.4) is 0 Å². The third-order valence-electron chi connectivity index (χ3n) is 5.37. The molecule has 8 heteroatoms. The second-order valence-corrected chi connectivity index (χ2v) is 8.71. The van der Waals surface area contributed by atoms with E-state index in [1.54, 1.807) is 0 Å². The second kappa shape index (κ2) is 9.10. The van der Waals surface area contributed by atoms with Gasteiger partial charge in [0.15, 0.2) is 5.96 Å². The van der Waals surface area contributed by atoms with Crippen molar-refractivity contribution in [3.05, 3.63) is 0 Å². The molecule has 8 nitrogen and oxygen atoms in total. The van der Waals surface area contributed by atoms with Gasteiger partial charge in [0.2, 0.25) is 0 Å². The van der Waals surface area contributed by atoms with Gasteiger partial charge in [-0.3, -0.25) is 4.99 Å². The number of carbonyl (C=O) groups excluding carboxylic acids is 1. The first-order valence-electron chi connectivity index (χ1n) is 9.85. The van der Waals surface area contributed by atoms with Gasteiger partial charge in [-0.1, -0.05) is 0 Å². The van der Waals surface area contributed by atoms with Gasteiger partial charge in [-0.2, -0.15) is 0 Å². The highest BCUT2D eigenvalue weighted by Crippen LogP contribution is 2.25. The summed E-state index contributed by atoms with van der Waals surface area (Å²) in [6.07, 6.45) is 2.54. The van der Waals surface area contributed by atoms with E-state index >= 15 is 0 Å². The van der Waals surface area contributed by atoms with Crippen molar-refractivity contribution < 1.29 is 14.3 Å². The lowest BCUT2D eigenvalue weighted by molar-refractivity contribution is -0.00521. The number of guanidine groups is 1. The van der Waals surface area contributed by atoms with Gasteiger partial charge in [0.25, 0.3) is 0 Å². The number of hydrogen-bond acceptors (Lipinski definition) is 5. The zero-order valence-electron chi connectivity index (χ0n) is 17.8. The van der Waals surface area contributed by atoms with Gasteiger partial charge in [0, 0.05) is 45.4 Å². The van der Waals surface area contributed by atoms with Gasteiger partial charge in [-0.15, -0.1) is 0 Å². The van der Waals surface area contributed by atoms with Crippen LogP contribution in [0.4, 0.5) is 4.79 Å². The van der Waals surface area contributed by atoms with Crippen molar-refractivity contribution >= 4 is 12.1 Å². The Labute approximate surface area is 163 Å². The lowest BCUT2D eigenvalue weighted by Crippen LogP contribution is -2.57. The predicted molar refractivity (Wildman–Crippen MR) is 107 cm³/mol. The van der Waals surface area contributed by atoms with Gasteiger partial charge in [-0.05, 0) is 54.1 Å². The number of aliphatic imine (C=N–C) groups is 1. The minimum atomic E-state index is -0.482. The van der Waals surface area contributed by atoms with Crippen LogP contribution in [0.2, 0.25) is 0 Å². The average Bonchev–Trinajstić information content (AvgIpc) is 3.02. The van der Waals surface area contributed by atoms with Crippen molar-refractivity contribution in [2.45, 2.75) is 57.2 Å². The number of likely N-dealkylation sites (tertiary alicyclic amines) is 1. The molecule has 0 spiro atoms. The van der Waals surface area contributed by atoms with Crippen LogP contribution < -0.4 is 10.6 Å². The highest BCUT2D eigenvalue weighted by atomic mass is 16.6. The predicted octanol–water partition coefficient (Wildman–Crippen LogP) is 1.27. The molecular weight excluding hydrogens is 346 g/mol. The number of ether oxygens (including phenoxy) is 2. The Morgan fingerprint density at radius 2 is 2.00 bits per heavy atom. The first-order valence-corrected chi connectivity index (χ1v) is 9.85. The molecule has 27 heavy (non-hydrogen) atoms. The van der Waals surface area contributed by atoms with E-state index in [4.69, 9.17) is 9.47 Å². The molecule has 2 saturated heterocycles. The molecule has 0 bridgehead atoms. The highest BCUT2D eigenvalue weighted by molar-refractivity contribution is 5.80. The average molecular weight is 384 g/mol. The van der Waals surface area contributed by atoms with E-state index in [0.29, 0.717) is 0 Å². The molecular formula is C19H37N5O3. The molecule has 1 unspecified atom stereocenters. The molecule has 2 N–H and O–H groups in total. The van der Waals surface area contributed by atoms with Crippen LogP contribution in [0.5, 0.6) is 0 Å². The van der Waals surface area contributed by atoms with Crippen LogP contribution in [0, 0.1) is 0 Å². The number of nitrogens with one attached hydrogen (secondary N) is 2. The molecule has 1 amide bonds. The van der Waals surface area contributed by atoms with Crippen LogP contribution in [0.1, 0.15) is 40.0 Å². The number of nitrogens with zero attached hydrogens (tertiary/aromatic N) is 3. The SMILES string of the molecule is CN=C(NCC1(N(C)C)CCOCC1)N1CCC(NC(=O)OC(C)(C)C)C1. The quantitative estimate of drug-likeness (QED) is 0.562. The normalized spacial score (nSPS) is 23.4. The molecule has 2 aliphatic heterocycles. The van der Waals surface area contributed by atoms with E-state index in [2.05, 4.69) is 39.5 Å². The standard InChI is InChI=1S/C19H37N5O3/c1-18(2,3)27-17(25)22-15-7-10-24(13-15)16(20-4)21-14-19(23(5)6)8-11-26-12-9-19/h15H,7-14H2,1-6H3,(H,20,21)(H,22,25). The molecule has 1 atom stereocenters. The molecule has 0 aliphatic carbocycles. The maximum Gasteiger partial charge on any atom is 0.407 e. The highest BCUT2D eigenvalue weighted by Gasteiger charge is 2.36. The van der Waals surface area contributed by atoms with Crippen molar-refractivity contribution in [3.8, 4) is 0 Å². The Bertz CT molecular complexity index is 524. The topological polar surface area (TPSA) is 78.4 Å². The molecule has 2 fully saturated rings. The van der Waals surface area contributed by atoms with Crippen LogP contribution in [-0.2, 0) is 9.47 Å². The molecule has 2 heterocycles. The largest absolute Gasteiger partial charge is 0.444 e. The summed E-state index contributed by atoms with van der Waals surface area (Å²) >= 11 is 0. The van der Waals surface area contributed by atoms with Gasteiger partial charge in [-0.25, -0.2) is 4.79 Å². The molecule has 0 aromatic rings. The molecule has 0 saturated carbocycles. The van der Waals surface area contributed by atoms with Gasteiger partial charge in [0.05, 0.1) is 6.04 Å². The summed E-state index contributed by atoms with van der Waals surface area (Å²) in [7, 11) is 6.07. The zero-order valence-corrected chi connectivity index (χ0v) is 17.8. The Kier molecular flexibility index (Phi) is 7.33. The van der Waals surface area contributed by atoms with E-state index in [0.717, 1.165) is 58.1 Å². The lowest BCUT2D eigenvalue weighted by atomic mass is 9.88. The first-order chi connectivity index (χ1) is 12.6. The van der Waals surface area contributed by atoms with Crippen molar-refractivity contribution in [3.63, 3.8) is 0 Å². The number of likely N-dealkylation sites (N-methyl/N-ethyl adjacent to an activating group) is 1. The first kappa shape index (κ1) is 21.8. The summed E-state index contributed by atoms with van der Waals surface area (Å²) in [5, 5.41) is 6.52. The maximum absolute atomic E-state index is 12.0. The number of hydrogen-bond donors (Lipinski definition) is 2. The lowest BCUT2D eigenvalue weighted by Gasteiger charge is -2.43. The molecule has 2 rings (SSSR count). The Balaban J connectivity index is 1.86. The summed E-state index contributed by atoms with van der Waals surface area (Å²) in [6, 6.07) is 0.0734. The van der Waals surface area contributed by atoms with Crippen molar-refractivity contribution in [1.29, 1.82) is 0 Å². The monoisotopic (exact) mass is 383 g/mol. The second-order valence-electron chi connectivity index (χ2n) is 8.71. The minimum absolute atomic E-state index is 0.0734. The third kappa shape index (κ3) is 6.24. The minimum Gasteiger partial charge on any atom is -0.444 e. The molecule has 0 aromatic carbocycles. The molecule has 2 aliphatic rings. The summed E-state index contributed by atoms with van der Waals surface area (Å²) in [6.45, 7) is 9.63. The number of amides is 1. The van der Waals surface area contributed by atoms with Gasteiger partial charge < -0.3 is 29.9 Å². The van der Waals surface area contributed by atoms with Crippen LogP contribution >= 0.6 is 0 Å². The fraction of sp³-hybridized carbons (Fsp3) is 0.895. The number of carbonyl (C=O) groups is 1. The fourth-order valence-corrected chi connectivity index (χ4v) is 3.65. The molecule has 0 aromatic heterocycles. The molecule has 0 radical (unpaired) electrons. The van der Waals surface area contributed by atoms with E-state index < -0.39 is 5.60 Å². The van der Waals surface area contributed by atoms with E-state index in [1.165, 1.54) is 0 Å². The maximum atomic E-state index is 12.0. The van der Waals surface area contributed by atoms with E-state index in [9.17, 15) is 4.79 Å². The third-order valence-corrected chi connectivity index (χ3v) is 5.37. The Morgan fingerprint density at radius 3 is 2.56 bits per heavy atom. The number of rotatable bonds is 4. The van der Waals surface area contributed by atoms with E-state index in [1.807, 2.05) is 27.8 Å². The summed E-state index contributed by atoms with van der Waals surface area (Å²) in [4.78, 5) is 20.9. The zero-order chi connectivity index (χ0) is 20.1.